The Labute approximate surface area is 109 Å². The second-order valence-corrected chi connectivity index (χ2v) is 6.42. The van der Waals surface area contributed by atoms with E-state index in [4.69, 9.17) is 4.74 Å². The minimum absolute atomic E-state index is 0.167. The van der Waals surface area contributed by atoms with Crippen molar-refractivity contribution in [1.82, 2.24) is 0 Å². The Hall–Kier alpha value is -1.12. The molecule has 1 fully saturated rings. The van der Waals surface area contributed by atoms with Gasteiger partial charge in [-0.05, 0) is 64.0 Å². The van der Waals surface area contributed by atoms with E-state index < -0.39 is 5.41 Å². The summed E-state index contributed by atoms with van der Waals surface area (Å²) < 4.78 is 5.61. The van der Waals surface area contributed by atoms with E-state index in [-0.39, 0.29) is 17.9 Å². The van der Waals surface area contributed by atoms with E-state index in [1.165, 1.54) is 0 Å². The number of carbonyl (C=O) groups excluding carboxylic acids is 2. The maximum Gasteiger partial charge on any atom is 0.311 e. The van der Waals surface area contributed by atoms with Gasteiger partial charge in [0.15, 0.2) is 5.78 Å². The van der Waals surface area contributed by atoms with E-state index in [9.17, 15) is 9.59 Å². The van der Waals surface area contributed by atoms with Gasteiger partial charge in [0, 0.05) is 6.42 Å². The number of hydrogen-bond donors (Lipinski definition) is 0. The summed E-state index contributed by atoms with van der Waals surface area (Å²) in [5.74, 6) is 0.459. The number of rotatable bonds is 1. The molecule has 0 unspecified atom stereocenters. The molecule has 0 saturated heterocycles. The Balaban J connectivity index is 2.12. The zero-order valence-corrected chi connectivity index (χ0v) is 11.5. The molecule has 1 saturated carbocycles. The van der Waals surface area contributed by atoms with Crippen molar-refractivity contribution < 1.29 is 14.3 Å². The van der Waals surface area contributed by atoms with Crippen molar-refractivity contribution in [1.29, 1.82) is 0 Å². The maximum absolute atomic E-state index is 12.0. The molecule has 0 amide bonds. The van der Waals surface area contributed by atoms with Gasteiger partial charge in [0.05, 0.1) is 5.41 Å². The van der Waals surface area contributed by atoms with Crippen LogP contribution in [-0.2, 0) is 14.3 Å². The molecule has 0 N–H and O–H groups in total. The number of ketones is 1. The van der Waals surface area contributed by atoms with E-state index in [0.717, 1.165) is 31.3 Å². The third-order valence-corrected chi connectivity index (χ3v) is 3.79. The molecule has 0 bridgehead atoms. The topological polar surface area (TPSA) is 43.4 Å². The quantitative estimate of drug-likeness (QED) is 0.672. The predicted octanol–water partition coefficient (Wildman–Crippen LogP) is 3.03. The van der Waals surface area contributed by atoms with Gasteiger partial charge in [0.1, 0.15) is 6.10 Å². The molecule has 0 aliphatic heterocycles. The Morgan fingerprint density at radius 2 is 2.00 bits per heavy atom. The minimum atomic E-state index is -0.480. The van der Waals surface area contributed by atoms with Crippen molar-refractivity contribution in [3.8, 4) is 0 Å². The van der Waals surface area contributed by atoms with Crippen molar-refractivity contribution in [2.24, 2.45) is 11.3 Å². The van der Waals surface area contributed by atoms with Crippen LogP contribution in [0.4, 0.5) is 0 Å². The maximum atomic E-state index is 12.0. The first-order valence-corrected chi connectivity index (χ1v) is 6.83. The van der Waals surface area contributed by atoms with Crippen LogP contribution >= 0.6 is 0 Å². The van der Waals surface area contributed by atoms with Crippen molar-refractivity contribution in [2.45, 2.75) is 59.0 Å². The van der Waals surface area contributed by atoms with E-state index in [2.05, 4.69) is 0 Å². The molecule has 18 heavy (non-hydrogen) atoms. The molecule has 0 aromatic carbocycles. The van der Waals surface area contributed by atoms with Crippen molar-refractivity contribution in [3.63, 3.8) is 0 Å². The molecular formula is C15H22O3. The zero-order chi connectivity index (χ0) is 13.3. The fourth-order valence-corrected chi connectivity index (χ4v) is 2.68. The van der Waals surface area contributed by atoms with Crippen molar-refractivity contribution >= 4 is 11.8 Å². The Morgan fingerprint density at radius 1 is 1.28 bits per heavy atom. The van der Waals surface area contributed by atoms with Gasteiger partial charge in [-0.15, -0.1) is 0 Å². The minimum Gasteiger partial charge on any atom is -0.457 e. The first-order valence-electron chi connectivity index (χ1n) is 6.83. The Kier molecular flexibility index (Phi) is 3.60. The fraction of sp³-hybridized carbons (Fsp3) is 0.733. The van der Waals surface area contributed by atoms with Crippen LogP contribution in [0.5, 0.6) is 0 Å². The second-order valence-electron chi connectivity index (χ2n) is 6.42. The molecule has 0 spiro atoms. The summed E-state index contributed by atoms with van der Waals surface area (Å²) in [4.78, 5) is 23.5. The molecule has 0 heterocycles. The molecule has 3 nitrogen and oxygen atoms in total. The number of fused-ring (bicyclic) bond motifs is 1. The average molecular weight is 250 g/mol. The molecule has 3 heteroatoms. The molecule has 2 rings (SSSR count). The van der Waals surface area contributed by atoms with Crippen LogP contribution in [-0.4, -0.2) is 17.9 Å². The van der Waals surface area contributed by atoms with E-state index in [1.807, 2.05) is 20.8 Å². The van der Waals surface area contributed by atoms with Crippen LogP contribution in [0.2, 0.25) is 0 Å². The standard InChI is InChI=1S/C15H22O3/c1-15(2,3)14(17)18-13-6-4-5-10-7-8-11(16)9-12(10)13/h9-10,13H,4-8H2,1-3H3/t10-,13+/m1/s1. The van der Waals surface area contributed by atoms with E-state index >= 15 is 0 Å². The summed E-state index contributed by atoms with van der Waals surface area (Å²) in [6.07, 6.45) is 6.20. The lowest BCUT2D eigenvalue weighted by Crippen LogP contribution is -2.35. The third-order valence-electron chi connectivity index (χ3n) is 3.79. The monoisotopic (exact) mass is 250 g/mol. The van der Waals surface area contributed by atoms with Gasteiger partial charge in [-0.3, -0.25) is 9.59 Å². The molecule has 0 aromatic rings. The number of ether oxygens (including phenoxy) is 1. The van der Waals surface area contributed by atoms with Crippen LogP contribution in [0.25, 0.3) is 0 Å². The lowest BCUT2D eigenvalue weighted by Gasteiger charge is -2.35. The Bertz CT molecular complexity index is 387. The molecule has 0 aromatic heterocycles. The summed E-state index contributed by atoms with van der Waals surface area (Å²) in [7, 11) is 0. The largest absolute Gasteiger partial charge is 0.457 e. The normalized spacial score (nSPS) is 28.4. The van der Waals surface area contributed by atoms with Crippen molar-refractivity contribution in [3.05, 3.63) is 11.6 Å². The molecule has 0 radical (unpaired) electrons. The van der Waals surface area contributed by atoms with Gasteiger partial charge in [-0.2, -0.15) is 0 Å². The summed E-state index contributed by atoms with van der Waals surface area (Å²) in [5, 5.41) is 0. The van der Waals surface area contributed by atoms with Crippen LogP contribution < -0.4 is 0 Å². The molecule has 100 valence electrons. The molecule has 2 atom stereocenters. The summed E-state index contributed by atoms with van der Waals surface area (Å²) >= 11 is 0. The van der Waals surface area contributed by atoms with Gasteiger partial charge in [0.2, 0.25) is 0 Å². The van der Waals surface area contributed by atoms with Crippen LogP contribution in [0.3, 0.4) is 0 Å². The predicted molar refractivity (Wildman–Crippen MR) is 69.0 cm³/mol. The van der Waals surface area contributed by atoms with Crippen LogP contribution in [0.1, 0.15) is 52.9 Å². The molecule has 2 aliphatic carbocycles. The van der Waals surface area contributed by atoms with Gasteiger partial charge < -0.3 is 4.74 Å². The van der Waals surface area contributed by atoms with E-state index in [0.29, 0.717) is 12.3 Å². The highest BCUT2D eigenvalue weighted by Gasteiger charge is 2.35. The molecule has 2 aliphatic rings. The molecular weight excluding hydrogens is 228 g/mol. The van der Waals surface area contributed by atoms with Crippen LogP contribution in [0.15, 0.2) is 11.6 Å². The van der Waals surface area contributed by atoms with Gasteiger partial charge >= 0.3 is 5.97 Å². The van der Waals surface area contributed by atoms with Gasteiger partial charge in [0.25, 0.3) is 0 Å². The number of allylic oxidation sites excluding steroid dienone is 1. The first-order chi connectivity index (χ1) is 8.38. The van der Waals surface area contributed by atoms with E-state index in [1.54, 1.807) is 6.08 Å². The van der Waals surface area contributed by atoms with Gasteiger partial charge in [-0.25, -0.2) is 0 Å². The first kappa shape index (κ1) is 13.3. The highest BCUT2D eigenvalue weighted by atomic mass is 16.5. The third kappa shape index (κ3) is 2.82. The number of esters is 1. The SMILES string of the molecule is CC(C)(C)C(=O)O[C@H]1CCC[C@@H]2CCC(=O)C=C21. The smallest absolute Gasteiger partial charge is 0.311 e. The average Bonchev–Trinajstić information content (AvgIpc) is 2.28. The summed E-state index contributed by atoms with van der Waals surface area (Å²) in [5.41, 5.74) is 0.585. The van der Waals surface area contributed by atoms with Gasteiger partial charge in [-0.1, -0.05) is 0 Å². The lowest BCUT2D eigenvalue weighted by molar-refractivity contribution is -0.158. The highest BCUT2D eigenvalue weighted by Crippen LogP contribution is 2.38. The zero-order valence-electron chi connectivity index (χ0n) is 11.5. The fourth-order valence-electron chi connectivity index (χ4n) is 2.68. The number of hydrogen-bond acceptors (Lipinski definition) is 3. The van der Waals surface area contributed by atoms with Crippen LogP contribution in [0, 0.1) is 11.3 Å². The lowest BCUT2D eigenvalue weighted by atomic mass is 9.76. The number of carbonyl (C=O) groups is 2. The van der Waals surface area contributed by atoms with Crippen molar-refractivity contribution in [2.75, 3.05) is 0 Å². The second kappa shape index (κ2) is 4.87. The summed E-state index contributed by atoms with van der Waals surface area (Å²) in [6.45, 7) is 5.57. The highest BCUT2D eigenvalue weighted by molar-refractivity contribution is 5.91. The Morgan fingerprint density at radius 3 is 2.67 bits per heavy atom. The summed E-state index contributed by atoms with van der Waals surface area (Å²) in [6, 6.07) is 0.